The third kappa shape index (κ3) is 9.17. The van der Waals surface area contributed by atoms with E-state index < -0.39 is 68.5 Å². The molecule has 3 aromatic heterocycles. The number of hydrogen-bond donors (Lipinski definition) is 3. The highest BCUT2D eigenvalue weighted by molar-refractivity contribution is 7.91. The molecule has 17 nitrogen and oxygen atoms in total. The Hall–Kier alpha value is -5.43. The van der Waals surface area contributed by atoms with Gasteiger partial charge in [0.1, 0.15) is 45.9 Å². The van der Waals surface area contributed by atoms with E-state index in [-0.39, 0.29) is 49.4 Å². The van der Waals surface area contributed by atoms with Crippen molar-refractivity contribution in [2.45, 2.75) is 133 Å². The fraction of sp³-hybridized carbons (Fsp3) is 0.545. The summed E-state index contributed by atoms with van der Waals surface area (Å²) in [5.74, 6) is -1.90. The van der Waals surface area contributed by atoms with Crippen LogP contribution in [0.25, 0.3) is 21.6 Å². The van der Waals surface area contributed by atoms with Crippen molar-refractivity contribution >= 4 is 55.9 Å². The summed E-state index contributed by atoms with van der Waals surface area (Å²) < 4.78 is 46.0. The number of allylic oxidation sites excluding steroid dienone is 1. The largest absolute Gasteiger partial charge is 0.496 e. The van der Waals surface area contributed by atoms with Crippen LogP contribution in [0.4, 0.5) is 0 Å². The average Bonchev–Trinajstić information content (AvgIpc) is 4.00. The first-order valence-corrected chi connectivity index (χ1v) is 24.1. The van der Waals surface area contributed by atoms with Gasteiger partial charge in [0, 0.05) is 40.7 Å². The predicted octanol–water partition coefficient (Wildman–Crippen LogP) is 5.46. The van der Waals surface area contributed by atoms with Crippen LogP contribution < -0.4 is 24.8 Å². The van der Waals surface area contributed by atoms with Crippen LogP contribution in [0, 0.1) is 12.8 Å². The summed E-state index contributed by atoms with van der Waals surface area (Å²) in [4.78, 5) is 72.6. The van der Waals surface area contributed by atoms with Gasteiger partial charge >= 0.3 is 0 Å². The maximum Gasteiger partial charge on any atom is 0.293 e. The number of nitrogens with one attached hydrogen (secondary N) is 3. The normalized spacial score (nSPS) is 24.9. The zero-order valence-corrected chi connectivity index (χ0v) is 37.9. The molecule has 4 aliphatic rings. The van der Waals surface area contributed by atoms with Crippen molar-refractivity contribution in [2.24, 2.45) is 5.92 Å². The lowest BCUT2D eigenvalue weighted by Gasteiger charge is -2.29. The van der Waals surface area contributed by atoms with Gasteiger partial charge in [-0.3, -0.25) is 23.9 Å². The van der Waals surface area contributed by atoms with E-state index in [2.05, 4.69) is 39.3 Å². The number of sulfonamides is 1. The lowest BCUT2D eigenvalue weighted by atomic mass is 10.0. The molecule has 2 saturated carbocycles. The summed E-state index contributed by atoms with van der Waals surface area (Å²) in [5.41, 5.74) is 1.39. The molecule has 19 heteroatoms. The second kappa shape index (κ2) is 17.6. The Morgan fingerprint density at radius 1 is 1.03 bits per heavy atom. The number of hydrogen-bond acceptors (Lipinski definition) is 14. The van der Waals surface area contributed by atoms with Gasteiger partial charge in [-0.1, -0.05) is 57.8 Å². The van der Waals surface area contributed by atoms with E-state index in [1.54, 1.807) is 7.11 Å². The molecule has 2 aliphatic carbocycles. The van der Waals surface area contributed by atoms with Crippen molar-refractivity contribution < 1.29 is 41.6 Å². The van der Waals surface area contributed by atoms with E-state index in [4.69, 9.17) is 24.0 Å². The van der Waals surface area contributed by atoms with Crippen LogP contribution in [0.3, 0.4) is 0 Å². The third-order valence-corrected chi connectivity index (χ3v) is 15.0. The van der Waals surface area contributed by atoms with Gasteiger partial charge in [-0.15, -0.1) is 11.3 Å². The number of carbonyl (C=O) groups excluding carboxylic acids is 4. The molecule has 63 heavy (non-hydrogen) atoms. The summed E-state index contributed by atoms with van der Waals surface area (Å²) in [7, 11) is -2.34. The predicted molar refractivity (Wildman–Crippen MR) is 234 cm³/mol. The van der Waals surface area contributed by atoms with E-state index in [1.807, 2.05) is 56.5 Å². The number of nitrogens with zero attached hydrogens (tertiary/aromatic N) is 5. The first kappa shape index (κ1) is 44.2. The van der Waals surface area contributed by atoms with E-state index in [9.17, 15) is 27.6 Å². The fourth-order valence-electron chi connectivity index (χ4n) is 8.29. The summed E-state index contributed by atoms with van der Waals surface area (Å²) >= 11 is 1.47. The van der Waals surface area contributed by atoms with Crippen LogP contribution in [0.1, 0.15) is 125 Å². The Morgan fingerprint density at radius 2 is 1.83 bits per heavy atom. The number of carbonyl (C=O) groups is 4. The van der Waals surface area contributed by atoms with Gasteiger partial charge in [0.15, 0.2) is 0 Å². The number of amides is 4. The molecular formula is C44H54N8O9S2. The van der Waals surface area contributed by atoms with Gasteiger partial charge < -0.3 is 29.5 Å². The number of rotatable bonds is 11. The van der Waals surface area contributed by atoms with Crippen LogP contribution in [-0.4, -0.2) is 99.7 Å². The lowest BCUT2D eigenvalue weighted by molar-refractivity contribution is -0.141. The lowest BCUT2D eigenvalue weighted by Crippen LogP contribution is -2.58. The summed E-state index contributed by atoms with van der Waals surface area (Å²) in [6, 6.07) is 3.26. The highest BCUT2D eigenvalue weighted by Crippen LogP contribution is 2.46. The Kier molecular flexibility index (Phi) is 12.4. The van der Waals surface area contributed by atoms with E-state index in [0.717, 1.165) is 24.1 Å². The monoisotopic (exact) mass is 902 g/mol. The molecule has 0 unspecified atom stereocenters. The van der Waals surface area contributed by atoms with Crippen LogP contribution in [0.5, 0.6) is 11.5 Å². The Balaban J connectivity index is 1.15. The van der Waals surface area contributed by atoms with Crippen LogP contribution in [0.2, 0.25) is 0 Å². The molecular weight excluding hydrogens is 849 g/mol. The van der Waals surface area contributed by atoms with Crippen molar-refractivity contribution in [3.05, 3.63) is 58.7 Å². The standard InChI is InChI=1S/C44H54N8O9S2/c1-23(2)32-22-62-41(47-32)31-19-35(29-16-17-34(59-6)25(5)36(29)45-31)60-27-18-33-38(53)49-44(43(56)51-63(57,58)28-14-15-28)20-26(44)12-10-8-7-9-11-13-30(42(55)52(33)21-27)46-39(54)37-48-40(24(3)4)61-50-37/h10,12,16-17,19,22-24,26-28,30,33H,7-9,11,13-15,18,20-21H2,1-6H3,(H,46,54)(H,49,53)(H,51,56)/b12-10-/t26-,27-,30+,33+,44-/m1/s1. The first-order valence-electron chi connectivity index (χ1n) is 21.7. The molecule has 5 atom stereocenters. The van der Waals surface area contributed by atoms with E-state index in [0.29, 0.717) is 58.8 Å². The van der Waals surface area contributed by atoms with Crippen LogP contribution in [0.15, 0.2) is 40.3 Å². The zero-order chi connectivity index (χ0) is 44.8. The average molecular weight is 903 g/mol. The maximum atomic E-state index is 14.9. The van der Waals surface area contributed by atoms with Crippen LogP contribution >= 0.6 is 11.3 Å². The number of fused-ring (bicyclic) bond motifs is 3. The maximum absolute atomic E-state index is 14.9. The molecule has 0 bridgehead atoms. The van der Waals surface area contributed by atoms with Crippen molar-refractivity contribution in [3.63, 3.8) is 0 Å². The molecule has 4 amide bonds. The highest BCUT2D eigenvalue weighted by atomic mass is 32.2. The van der Waals surface area contributed by atoms with Gasteiger partial charge in [0.2, 0.25) is 27.7 Å². The Morgan fingerprint density at radius 3 is 2.52 bits per heavy atom. The molecule has 0 radical (unpaired) electrons. The number of thiazole rings is 1. The molecule has 3 fully saturated rings. The number of methoxy groups -OCH3 is 1. The zero-order valence-electron chi connectivity index (χ0n) is 36.3. The van der Waals surface area contributed by atoms with Crippen molar-refractivity contribution in [1.82, 2.24) is 40.4 Å². The molecule has 0 spiro atoms. The second-order valence-corrected chi connectivity index (χ2v) is 20.5. The molecule has 1 saturated heterocycles. The minimum Gasteiger partial charge on any atom is -0.496 e. The van der Waals surface area contributed by atoms with Crippen LogP contribution in [-0.2, 0) is 24.4 Å². The molecule has 1 aromatic carbocycles. The molecule has 2 aliphatic heterocycles. The molecule has 3 N–H and O–H groups in total. The molecule has 8 rings (SSSR count). The second-order valence-electron chi connectivity index (χ2n) is 17.7. The van der Waals surface area contributed by atoms with Crippen molar-refractivity contribution in [1.29, 1.82) is 0 Å². The molecule has 5 heterocycles. The number of ether oxygens (including phenoxy) is 2. The van der Waals surface area contributed by atoms with E-state index in [1.165, 1.54) is 16.2 Å². The Bertz CT molecular complexity index is 2570. The smallest absolute Gasteiger partial charge is 0.293 e. The van der Waals surface area contributed by atoms with Gasteiger partial charge in [-0.25, -0.2) is 18.4 Å². The minimum atomic E-state index is -3.93. The summed E-state index contributed by atoms with van der Waals surface area (Å²) in [6.07, 6.45) is 7.18. The molecule has 336 valence electrons. The number of benzene rings is 1. The quantitative estimate of drug-likeness (QED) is 0.159. The van der Waals surface area contributed by atoms with Crippen molar-refractivity contribution in [3.8, 4) is 22.2 Å². The molecule has 4 aromatic rings. The number of pyridine rings is 1. The fourth-order valence-corrected chi connectivity index (χ4v) is 10.6. The minimum absolute atomic E-state index is 0.0163. The number of aromatic nitrogens is 4. The summed E-state index contributed by atoms with van der Waals surface area (Å²) in [6.45, 7) is 9.70. The van der Waals surface area contributed by atoms with E-state index >= 15 is 0 Å². The third-order valence-electron chi connectivity index (χ3n) is 12.3. The van der Waals surface area contributed by atoms with Gasteiger partial charge in [-0.2, -0.15) is 4.98 Å². The Labute approximate surface area is 370 Å². The number of aryl methyl sites for hydroxylation is 1. The summed E-state index contributed by atoms with van der Waals surface area (Å²) in [5, 5.41) is 12.3. The van der Waals surface area contributed by atoms with Gasteiger partial charge in [0.05, 0.1) is 30.1 Å². The van der Waals surface area contributed by atoms with Gasteiger partial charge in [-0.05, 0) is 63.5 Å². The topological polar surface area (TPSA) is 225 Å². The van der Waals surface area contributed by atoms with Crippen molar-refractivity contribution in [2.75, 3.05) is 13.7 Å². The van der Waals surface area contributed by atoms with Gasteiger partial charge in [0.25, 0.3) is 17.6 Å². The first-order chi connectivity index (χ1) is 30.1. The highest BCUT2D eigenvalue weighted by Gasteiger charge is 2.62. The SMILES string of the molecule is COc1ccc2c(O[C@@H]3C[C@H]4C(=O)N[C@]5(C(=O)NS(=O)(=O)C6CC6)C[C@H]5/C=C\CCCCC[C@H](NC(=O)c5noc(C(C)C)n5)C(=O)N4C3)cc(-c3nc(C(C)C)cs3)nc2c1C.